The highest BCUT2D eigenvalue weighted by molar-refractivity contribution is 7.89. The van der Waals surface area contributed by atoms with Gasteiger partial charge in [0.15, 0.2) is 6.29 Å². The lowest BCUT2D eigenvalue weighted by molar-refractivity contribution is 0.353. The first-order valence-corrected chi connectivity index (χ1v) is 16.2. The molecule has 2 aromatic heterocycles. The first-order valence-electron chi connectivity index (χ1n) is 14.5. The number of pyridine rings is 1. The monoisotopic (exact) mass is 598 g/mol. The Hall–Kier alpha value is -3.57. The van der Waals surface area contributed by atoms with Gasteiger partial charge in [-0.1, -0.05) is 39.8 Å². The molecular weight excluding hydrogens is 558 g/mol. The normalized spacial score (nSPS) is 21.5. The lowest BCUT2D eigenvalue weighted by Crippen LogP contribution is -2.43. The van der Waals surface area contributed by atoms with E-state index in [0.29, 0.717) is 17.7 Å². The highest BCUT2D eigenvalue weighted by atomic mass is 32.2. The summed E-state index contributed by atoms with van der Waals surface area (Å²) in [5.74, 6) is -1.20. The number of aliphatic imine (C=N–C) groups is 1. The molecule has 42 heavy (non-hydrogen) atoms. The molecule has 11 heteroatoms. The molecule has 0 bridgehead atoms. The zero-order valence-corrected chi connectivity index (χ0v) is 25.5. The van der Waals surface area contributed by atoms with E-state index in [1.807, 2.05) is 32.0 Å². The molecule has 1 aliphatic heterocycles. The predicted octanol–water partition coefficient (Wildman–Crippen LogP) is 6.31. The van der Waals surface area contributed by atoms with Gasteiger partial charge in [0, 0.05) is 19.4 Å². The molecule has 0 spiro atoms. The number of hydrogen-bond donors (Lipinski definition) is 2. The van der Waals surface area contributed by atoms with Gasteiger partial charge in [0.25, 0.3) is 0 Å². The second kappa shape index (κ2) is 13.2. The number of rotatable bonds is 8. The Bertz CT molecular complexity index is 1580. The summed E-state index contributed by atoms with van der Waals surface area (Å²) in [6, 6.07) is 11.4. The molecule has 3 heterocycles. The van der Waals surface area contributed by atoms with E-state index in [2.05, 4.69) is 39.1 Å². The van der Waals surface area contributed by atoms with Crippen LogP contribution in [0.3, 0.4) is 0 Å². The number of sulfonamides is 1. The summed E-state index contributed by atoms with van der Waals surface area (Å²) in [4.78, 5) is 9.30. The van der Waals surface area contributed by atoms with Crippen molar-refractivity contribution >= 4 is 21.8 Å². The third-order valence-corrected chi connectivity index (χ3v) is 9.26. The van der Waals surface area contributed by atoms with Crippen molar-refractivity contribution in [2.45, 2.75) is 77.9 Å². The van der Waals surface area contributed by atoms with Gasteiger partial charge in [-0.05, 0) is 74.4 Å². The number of allylic oxidation sites excluding steroid dienone is 1. The van der Waals surface area contributed by atoms with Crippen molar-refractivity contribution < 1.29 is 18.6 Å². The first-order chi connectivity index (χ1) is 20.2. The molecule has 5 rings (SSSR count). The summed E-state index contributed by atoms with van der Waals surface area (Å²) in [6.07, 6.45) is 5.76. The number of hydrogen-bond acceptors (Lipinski definition) is 7. The molecule has 0 radical (unpaired) electrons. The van der Waals surface area contributed by atoms with Crippen LogP contribution in [0, 0.1) is 11.6 Å². The summed E-state index contributed by atoms with van der Waals surface area (Å²) in [5, 5.41) is 11.9. The summed E-state index contributed by atoms with van der Waals surface area (Å²) >= 11 is 0. The number of nitrogens with one attached hydrogen (secondary N) is 2. The molecule has 2 aliphatic rings. The quantitative estimate of drug-likeness (QED) is 0.315. The van der Waals surface area contributed by atoms with Crippen LogP contribution in [0.1, 0.15) is 90.3 Å². The standard InChI is InChI=1S/C29H32F2N6O2S.C2H6.H2/c1-4-18-13-14-29(5-2,27-20(18)15-24(35-36-27)26-21(30)9-7-10-22(26)31)25-12-8-11-23(34-25)19-16-32-28(33-17-19)37-40(38,39)6-3;1-2;/h7-12,15-18,28,32,37H,4-6,13-14H2,1-3H3;1-2H3;1H/t18-,28?,29+;;/m0../s1. The largest absolute Gasteiger partial charge is 0.356 e. The Labute approximate surface area is 248 Å². The van der Waals surface area contributed by atoms with Crippen molar-refractivity contribution in [3.63, 3.8) is 0 Å². The molecule has 1 aromatic carbocycles. The van der Waals surface area contributed by atoms with E-state index < -0.39 is 33.4 Å². The van der Waals surface area contributed by atoms with Gasteiger partial charge in [0.1, 0.15) is 11.6 Å². The van der Waals surface area contributed by atoms with E-state index >= 15 is 0 Å². The Morgan fingerprint density at radius 3 is 2.38 bits per heavy atom. The van der Waals surface area contributed by atoms with E-state index in [-0.39, 0.29) is 24.4 Å². The van der Waals surface area contributed by atoms with Gasteiger partial charge in [-0.3, -0.25) is 9.98 Å². The highest BCUT2D eigenvalue weighted by Gasteiger charge is 2.43. The number of aromatic nitrogens is 3. The van der Waals surface area contributed by atoms with Gasteiger partial charge in [-0.2, -0.15) is 9.82 Å². The van der Waals surface area contributed by atoms with Crippen LogP contribution < -0.4 is 10.0 Å². The summed E-state index contributed by atoms with van der Waals surface area (Å²) in [5.41, 5.74) is 3.42. The van der Waals surface area contributed by atoms with Crippen LogP contribution in [-0.4, -0.2) is 41.9 Å². The molecule has 1 unspecified atom stereocenters. The Kier molecular flexibility index (Phi) is 9.83. The molecule has 0 amide bonds. The fourth-order valence-corrected chi connectivity index (χ4v) is 6.21. The average Bonchev–Trinajstić information content (AvgIpc) is 3.01. The van der Waals surface area contributed by atoms with Crippen molar-refractivity contribution in [1.29, 1.82) is 0 Å². The van der Waals surface area contributed by atoms with Crippen LogP contribution in [-0.2, 0) is 15.4 Å². The minimum Gasteiger partial charge on any atom is -0.356 e. The topological polar surface area (TPSA) is 109 Å². The van der Waals surface area contributed by atoms with Crippen LogP contribution in [0.5, 0.6) is 0 Å². The van der Waals surface area contributed by atoms with Gasteiger partial charge < -0.3 is 5.32 Å². The number of halogens is 2. The van der Waals surface area contributed by atoms with E-state index in [1.165, 1.54) is 18.2 Å². The molecular formula is C31H40F2N6O2S. The third kappa shape index (κ3) is 6.12. The minimum absolute atomic E-state index is 0. The summed E-state index contributed by atoms with van der Waals surface area (Å²) < 4.78 is 55.4. The van der Waals surface area contributed by atoms with E-state index in [1.54, 1.807) is 25.4 Å². The van der Waals surface area contributed by atoms with Gasteiger partial charge in [-0.25, -0.2) is 17.2 Å². The zero-order valence-electron chi connectivity index (χ0n) is 24.7. The maximum atomic E-state index is 14.6. The lowest BCUT2D eigenvalue weighted by Gasteiger charge is -2.40. The molecule has 0 saturated heterocycles. The number of nitrogens with zero attached hydrogens (tertiary/aromatic N) is 4. The molecule has 0 saturated carbocycles. The molecule has 1 aliphatic carbocycles. The van der Waals surface area contributed by atoms with Gasteiger partial charge in [0.05, 0.1) is 39.5 Å². The average molecular weight is 599 g/mol. The van der Waals surface area contributed by atoms with Crippen molar-refractivity contribution in [1.82, 2.24) is 25.2 Å². The van der Waals surface area contributed by atoms with Crippen molar-refractivity contribution in [2.75, 3.05) is 5.75 Å². The maximum absolute atomic E-state index is 14.6. The van der Waals surface area contributed by atoms with Crippen molar-refractivity contribution in [2.24, 2.45) is 4.99 Å². The summed E-state index contributed by atoms with van der Waals surface area (Å²) in [7, 11) is -3.42. The second-order valence-electron chi connectivity index (χ2n) is 10.1. The smallest absolute Gasteiger partial charge is 0.214 e. The van der Waals surface area contributed by atoms with Gasteiger partial charge in [-0.15, -0.1) is 5.10 Å². The molecule has 226 valence electrons. The van der Waals surface area contributed by atoms with Gasteiger partial charge in [0.2, 0.25) is 10.0 Å². The Morgan fingerprint density at radius 1 is 1.05 bits per heavy atom. The molecule has 0 fully saturated rings. The van der Waals surface area contributed by atoms with Gasteiger partial charge >= 0.3 is 0 Å². The van der Waals surface area contributed by atoms with Crippen LogP contribution in [0.25, 0.3) is 16.8 Å². The number of benzene rings is 1. The fraction of sp³-hybridized carbons (Fsp3) is 0.419. The molecule has 8 nitrogen and oxygen atoms in total. The maximum Gasteiger partial charge on any atom is 0.214 e. The van der Waals surface area contributed by atoms with Crippen LogP contribution in [0.15, 0.2) is 53.7 Å². The van der Waals surface area contributed by atoms with Crippen LogP contribution in [0.4, 0.5) is 8.78 Å². The molecule has 3 atom stereocenters. The van der Waals surface area contributed by atoms with Crippen LogP contribution in [0.2, 0.25) is 0 Å². The number of fused-ring (bicyclic) bond motifs is 1. The summed E-state index contributed by atoms with van der Waals surface area (Å²) in [6.45, 7) is 9.75. The van der Waals surface area contributed by atoms with Crippen molar-refractivity contribution in [3.05, 3.63) is 82.9 Å². The van der Waals surface area contributed by atoms with E-state index in [0.717, 1.165) is 36.2 Å². The van der Waals surface area contributed by atoms with Crippen molar-refractivity contribution in [3.8, 4) is 11.3 Å². The highest BCUT2D eigenvalue weighted by Crippen LogP contribution is 2.49. The van der Waals surface area contributed by atoms with E-state index in [9.17, 15) is 17.2 Å². The fourth-order valence-electron chi connectivity index (χ4n) is 5.57. The third-order valence-electron chi connectivity index (χ3n) is 7.92. The first kappa shape index (κ1) is 31.4. The zero-order chi connectivity index (χ0) is 30.5. The molecule has 3 aromatic rings. The minimum atomic E-state index is -3.42. The lowest BCUT2D eigenvalue weighted by atomic mass is 9.65. The SMILES string of the molecule is CC.CC[C@H]1CC[C@](CC)(c2cccc(C3=CNC(NS(=O)(=O)CC)N=C3)n2)c2nnc(-c3c(F)cccc3F)cc21.[HH]. The second-order valence-corrected chi connectivity index (χ2v) is 12.1. The van der Waals surface area contributed by atoms with E-state index in [4.69, 9.17) is 4.98 Å². The Morgan fingerprint density at radius 2 is 1.76 bits per heavy atom. The van der Waals surface area contributed by atoms with Crippen LogP contribution >= 0.6 is 0 Å². The Balaban J connectivity index is 0.00000165. The predicted molar refractivity (Wildman–Crippen MR) is 164 cm³/mol. The molecule has 2 N–H and O–H groups in total.